The summed E-state index contributed by atoms with van der Waals surface area (Å²) in [7, 11) is 0. The van der Waals surface area contributed by atoms with Crippen LogP contribution in [-0.2, 0) is 31.8 Å². The standard InChI is InChI=1S/C23H22N2O4/c24-11-19-5-1-17(2-6-19)9-21-26-13-23(14-27-21)15-28-22(29-16-23)10-18-3-7-20(12-25)8-4-18/h1-8,21-22H,9-10,13-16H2. The lowest BCUT2D eigenvalue weighted by molar-refractivity contribution is -0.301. The van der Waals surface area contributed by atoms with Crippen molar-refractivity contribution >= 4 is 0 Å². The number of hydrogen-bond acceptors (Lipinski definition) is 6. The number of rotatable bonds is 4. The molecule has 0 aromatic heterocycles. The third-order valence-electron chi connectivity index (χ3n) is 5.27. The zero-order valence-corrected chi connectivity index (χ0v) is 16.0. The van der Waals surface area contributed by atoms with Gasteiger partial charge in [0.2, 0.25) is 0 Å². The molecule has 6 heteroatoms. The molecule has 0 N–H and O–H groups in total. The molecule has 2 aliphatic rings. The minimum Gasteiger partial charge on any atom is -0.351 e. The highest BCUT2D eigenvalue weighted by atomic mass is 16.7. The normalized spacial score (nSPS) is 26.6. The Balaban J connectivity index is 1.24. The second-order valence-electron chi connectivity index (χ2n) is 7.63. The van der Waals surface area contributed by atoms with Crippen molar-refractivity contribution in [3.63, 3.8) is 0 Å². The van der Waals surface area contributed by atoms with Gasteiger partial charge in [-0.15, -0.1) is 0 Å². The van der Waals surface area contributed by atoms with Crippen LogP contribution in [-0.4, -0.2) is 39.0 Å². The van der Waals surface area contributed by atoms with Crippen molar-refractivity contribution in [3.05, 3.63) is 70.8 Å². The smallest absolute Gasteiger partial charge is 0.161 e. The van der Waals surface area contributed by atoms with Crippen LogP contribution in [0, 0.1) is 28.1 Å². The van der Waals surface area contributed by atoms with Crippen molar-refractivity contribution in [3.8, 4) is 12.1 Å². The fourth-order valence-corrected chi connectivity index (χ4v) is 3.48. The maximum Gasteiger partial charge on any atom is 0.161 e. The van der Waals surface area contributed by atoms with E-state index in [1.165, 1.54) is 0 Å². The first kappa shape index (κ1) is 19.6. The molecule has 2 aromatic carbocycles. The minimum absolute atomic E-state index is 0.275. The van der Waals surface area contributed by atoms with Gasteiger partial charge in [0.15, 0.2) is 12.6 Å². The topological polar surface area (TPSA) is 84.5 Å². The van der Waals surface area contributed by atoms with Gasteiger partial charge in [0.05, 0.1) is 55.1 Å². The molecule has 0 atom stereocenters. The Bertz CT molecular complexity index is 815. The van der Waals surface area contributed by atoms with Crippen LogP contribution in [0.4, 0.5) is 0 Å². The zero-order valence-electron chi connectivity index (χ0n) is 16.0. The highest BCUT2D eigenvalue weighted by Gasteiger charge is 2.42. The van der Waals surface area contributed by atoms with Gasteiger partial charge in [-0.3, -0.25) is 0 Å². The monoisotopic (exact) mass is 390 g/mol. The van der Waals surface area contributed by atoms with E-state index >= 15 is 0 Å². The van der Waals surface area contributed by atoms with Crippen LogP contribution < -0.4 is 0 Å². The molecule has 29 heavy (non-hydrogen) atoms. The first-order valence-electron chi connectivity index (χ1n) is 9.63. The van der Waals surface area contributed by atoms with Crippen molar-refractivity contribution in [1.82, 2.24) is 0 Å². The van der Waals surface area contributed by atoms with E-state index in [4.69, 9.17) is 29.5 Å². The summed E-state index contributed by atoms with van der Waals surface area (Å²) in [5.74, 6) is 0. The van der Waals surface area contributed by atoms with Crippen molar-refractivity contribution in [2.75, 3.05) is 26.4 Å². The minimum atomic E-state index is -0.301. The molecule has 1 spiro atoms. The average Bonchev–Trinajstić information content (AvgIpc) is 2.78. The molecule has 0 unspecified atom stereocenters. The molecule has 4 rings (SSSR count). The summed E-state index contributed by atoms with van der Waals surface area (Å²) in [6, 6.07) is 19.2. The van der Waals surface area contributed by atoms with Crippen molar-refractivity contribution in [2.45, 2.75) is 25.4 Å². The van der Waals surface area contributed by atoms with E-state index in [9.17, 15) is 0 Å². The molecule has 2 aromatic rings. The molecule has 0 radical (unpaired) electrons. The van der Waals surface area contributed by atoms with Crippen LogP contribution in [0.5, 0.6) is 0 Å². The van der Waals surface area contributed by atoms with Crippen molar-refractivity contribution in [1.29, 1.82) is 10.5 Å². The van der Waals surface area contributed by atoms with Gasteiger partial charge in [0, 0.05) is 12.8 Å². The number of nitriles is 2. The molecule has 148 valence electrons. The van der Waals surface area contributed by atoms with Gasteiger partial charge in [-0.2, -0.15) is 10.5 Å². The van der Waals surface area contributed by atoms with Crippen LogP contribution >= 0.6 is 0 Å². The van der Waals surface area contributed by atoms with Gasteiger partial charge >= 0.3 is 0 Å². The van der Waals surface area contributed by atoms with Gasteiger partial charge in [0.25, 0.3) is 0 Å². The maximum atomic E-state index is 8.88. The molecular formula is C23H22N2O4. The SMILES string of the molecule is N#Cc1ccc(CC2OCC3(CO2)COC(Cc2ccc(C#N)cc2)OC3)cc1. The first-order chi connectivity index (χ1) is 14.2. The molecule has 0 amide bonds. The van der Waals surface area contributed by atoms with Crippen LogP contribution in [0.3, 0.4) is 0 Å². The lowest BCUT2D eigenvalue weighted by Gasteiger charge is -2.43. The summed E-state index contributed by atoms with van der Waals surface area (Å²) >= 11 is 0. The van der Waals surface area contributed by atoms with Crippen molar-refractivity contribution < 1.29 is 18.9 Å². The lowest BCUT2D eigenvalue weighted by atomic mass is 9.90. The largest absolute Gasteiger partial charge is 0.351 e. The lowest BCUT2D eigenvalue weighted by Crippen LogP contribution is -2.52. The van der Waals surface area contributed by atoms with E-state index in [-0.39, 0.29) is 18.0 Å². The van der Waals surface area contributed by atoms with E-state index in [0.29, 0.717) is 50.4 Å². The fraction of sp³-hybridized carbons (Fsp3) is 0.391. The third kappa shape index (κ3) is 4.82. The molecule has 2 aliphatic heterocycles. The second kappa shape index (κ2) is 8.73. The van der Waals surface area contributed by atoms with Gasteiger partial charge < -0.3 is 18.9 Å². The van der Waals surface area contributed by atoms with E-state index in [2.05, 4.69) is 12.1 Å². The highest BCUT2D eigenvalue weighted by Crippen LogP contribution is 2.31. The average molecular weight is 390 g/mol. The Kier molecular flexibility index (Phi) is 5.89. The van der Waals surface area contributed by atoms with Gasteiger partial charge in [-0.25, -0.2) is 0 Å². The quantitative estimate of drug-likeness (QED) is 0.798. The molecule has 0 aliphatic carbocycles. The summed E-state index contributed by atoms with van der Waals surface area (Å²) in [5.41, 5.74) is 3.16. The summed E-state index contributed by atoms with van der Waals surface area (Å²) < 4.78 is 23.7. The second-order valence-corrected chi connectivity index (χ2v) is 7.63. The summed E-state index contributed by atoms with van der Waals surface area (Å²) in [5, 5.41) is 17.8. The fourth-order valence-electron chi connectivity index (χ4n) is 3.48. The van der Waals surface area contributed by atoms with Gasteiger partial charge in [0.1, 0.15) is 0 Å². The number of benzene rings is 2. The van der Waals surface area contributed by atoms with E-state index in [1.807, 2.05) is 24.3 Å². The van der Waals surface area contributed by atoms with Crippen LogP contribution in [0.15, 0.2) is 48.5 Å². The Morgan fingerprint density at radius 1 is 0.655 bits per heavy atom. The first-order valence-corrected chi connectivity index (χ1v) is 9.63. The molecule has 6 nitrogen and oxygen atoms in total. The third-order valence-corrected chi connectivity index (χ3v) is 5.27. The van der Waals surface area contributed by atoms with E-state index < -0.39 is 0 Å². The number of nitrogens with zero attached hydrogens (tertiary/aromatic N) is 2. The molecule has 0 saturated carbocycles. The highest BCUT2D eigenvalue weighted by molar-refractivity contribution is 5.32. The molecule has 2 fully saturated rings. The van der Waals surface area contributed by atoms with Gasteiger partial charge in [-0.05, 0) is 35.4 Å². The van der Waals surface area contributed by atoms with E-state index in [1.54, 1.807) is 24.3 Å². The van der Waals surface area contributed by atoms with Crippen LogP contribution in [0.1, 0.15) is 22.3 Å². The molecule has 2 heterocycles. The van der Waals surface area contributed by atoms with Gasteiger partial charge in [-0.1, -0.05) is 24.3 Å². The molecular weight excluding hydrogens is 368 g/mol. The summed E-state index contributed by atoms with van der Waals surface area (Å²) in [6.45, 7) is 2.10. The van der Waals surface area contributed by atoms with E-state index in [0.717, 1.165) is 11.1 Å². The Labute approximate surface area is 170 Å². The van der Waals surface area contributed by atoms with Crippen LogP contribution in [0.2, 0.25) is 0 Å². The molecule has 2 saturated heterocycles. The Morgan fingerprint density at radius 3 is 1.31 bits per heavy atom. The molecule has 0 bridgehead atoms. The predicted octanol–water partition coefficient (Wildman–Crippen LogP) is 2.95. The number of ether oxygens (including phenoxy) is 4. The van der Waals surface area contributed by atoms with Crippen molar-refractivity contribution in [2.24, 2.45) is 5.41 Å². The maximum absolute atomic E-state index is 8.88. The Morgan fingerprint density at radius 2 is 1.00 bits per heavy atom. The predicted molar refractivity (Wildman–Crippen MR) is 104 cm³/mol. The summed E-state index contributed by atoms with van der Waals surface area (Å²) in [4.78, 5) is 0. The summed E-state index contributed by atoms with van der Waals surface area (Å²) in [6.07, 6.45) is 0.685. The Hall–Kier alpha value is -2.74. The number of hydrogen-bond donors (Lipinski definition) is 0. The van der Waals surface area contributed by atoms with Crippen LogP contribution in [0.25, 0.3) is 0 Å². The zero-order chi connectivity index (χ0) is 20.1.